The number of aromatic amines is 1. The van der Waals surface area contributed by atoms with Gasteiger partial charge in [0.2, 0.25) is 0 Å². The Morgan fingerprint density at radius 3 is 2.95 bits per heavy atom. The number of amides is 1. The molecule has 0 fully saturated rings. The van der Waals surface area contributed by atoms with Crippen molar-refractivity contribution in [2.45, 2.75) is 13.5 Å². The number of benzene rings is 1. The van der Waals surface area contributed by atoms with E-state index in [1.165, 1.54) is 0 Å². The van der Waals surface area contributed by atoms with Gasteiger partial charge in [-0.25, -0.2) is 4.98 Å². The minimum Gasteiger partial charge on any atom is -0.352 e. The molecular formula is C16H16N4OS. The van der Waals surface area contributed by atoms with Crippen molar-refractivity contribution < 1.29 is 4.79 Å². The quantitative estimate of drug-likeness (QED) is 0.728. The largest absolute Gasteiger partial charge is 0.352 e. The van der Waals surface area contributed by atoms with Gasteiger partial charge in [0.15, 0.2) is 0 Å². The zero-order valence-electron chi connectivity index (χ0n) is 12.2. The van der Waals surface area contributed by atoms with E-state index in [0.717, 1.165) is 16.9 Å². The lowest BCUT2D eigenvalue weighted by molar-refractivity contribution is 0.0951. The minimum absolute atomic E-state index is 0.163. The molecule has 0 aliphatic rings. The minimum atomic E-state index is -0.163. The molecule has 0 spiro atoms. The lowest BCUT2D eigenvalue weighted by atomic mass is 10.2. The van der Waals surface area contributed by atoms with Gasteiger partial charge in [-0.15, -0.1) is 0 Å². The lowest BCUT2D eigenvalue weighted by Gasteiger charge is -2.08. The van der Waals surface area contributed by atoms with Crippen molar-refractivity contribution in [1.82, 2.24) is 19.9 Å². The summed E-state index contributed by atoms with van der Waals surface area (Å²) < 4.78 is 2.55. The number of aryl methyl sites for hydroxylation is 1. The van der Waals surface area contributed by atoms with Gasteiger partial charge in [-0.05, 0) is 31.2 Å². The molecule has 1 aromatic carbocycles. The summed E-state index contributed by atoms with van der Waals surface area (Å²) in [5, 5.41) is 2.90. The molecule has 1 amide bonds. The summed E-state index contributed by atoms with van der Waals surface area (Å²) in [7, 11) is 0. The zero-order valence-corrected chi connectivity index (χ0v) is 13.0. The number of aromatic nitrogens is 3. The summed E-state index contributed by atoms with van der Waals surface area (Å²) in [6.07, 6.45) is 1.71. The highest BCUT2D eigenvalue weighted by Crippen LogP contribution is 2.14. The smallest absolute Gasteiger partial charge is 0.254 e. The fourth-order valence-electron chi connectivity index (χ4n) is 2.46. The molecule has 22 heavy (non-hydrogen) atoms. The first-order valence-electron chi connectivity index (χ1n) is 7.04. The molecule has 3 rings (SSSR count). The Labute approximate surface area is 133 Å². The van der Waals surface area contributed by atoms with Crippen LogP contribution in [-0.4, -0.2) is 27.0 Å². The average molecular weight is 312 g/mol. The third-order valence-electron chi connectivity index (χ3n) is 3.53. The van der Waals surface area contributed by atoms with Crippen LogP contribution in [0.1, 0.15) is 16.2 Å². The van der Waals surface area contributed by atoms with E-state index in [-0.39, 0.29) is 5.91 Å². The number of H-pyrrole nitrogens is 1. The van der Waals surface area contributed by atoms with Crippen molar-refractivity contribution in [3.05, 3.63) is 58.6 Å². The van der Waals surface area contributed by atoms with Crippen LogP contribution in [0.25, 0.3) is 11.0 Å². The summed E-state index contributed by atoms with van der Waals surface area (Å²) in [5.74, 6) is 0.774. The van der Waals surface area contributed by atoms with Crippen LogP contribution >= 0.6 is 12.2 Å². The maximum absolute atomic E-state index is 12.1. The molecule has 0 radical (unpaired) electrons. The third kappa shape index (κ3) is 2.78. The molecule has 112 valence electrons. The SMILES string of the molecule is Cc1nc2ccccc2n1CCNC(=O)c1ccc[nH]c1=S. The van der Waals surface area contributed by atoms with E-state index >= 15 is 0 Å². The van der Waals surface area contributed by atoms with Crippen LogP contribution in [0.5, 0.6) is 0 Å². The van der Waals surface area contributed by atoms with Crippen LogP contribution in [-0.2, 0) is 6.54 Å². The van der Waals surface area contributed by atoms with Gasteiger partial charge in [-0.3, -0.25) is 4.79 Å². The van der Waals surface area contributed by atoms with Crippen LogP contribution in [0.4, 0.5) is 0 Å². The van der Waals surface area contributed by atoms with Crippen molar-refractivity contribution >= 4 is 29.2 Å². The molecule has 3 aromatic rings. The standard InChI is InChI=1S/C16H16N4OS/c1-11-19-13-6-2-3-7-14(13)20(11)10-9-17-15(21)12-5-4-8-18-16(12)22/h2-8H,9-10H2,1H3,(H,17,21)(H,18,22). The predicted molar refractivity (Wildman–Crippen MR) is 88.4 cm³/mol. The highest BCUT2D eigenvalue weighted by molar-refractivity contribution is 7.71. The van der Waals surface area contributed by atoms with Crippen LogP contribution in [0, 0.1) is 11.6 Å². The van der Waals surface area contributed by atoms with Gasteiger partial charge in [0, 0.05) is 19.3 Å². The molecule has 0 aliphatic carbocycles. The summed E-state index contributed by atoms with van der Waals surface area (Å²) >= 11 is 5.11. The Morgan fingerprint density at radius 1 is 1.32 bits per heavy atom. The normalized spacial score (nSPS) is 10.8. The Bertz CT molecular complexity index is 881. The number of hydrogen-bond acceptors (Lipinski definition) is 3. The monoisotopic (exact) mass is 312 g/mol. The van der Waals surface area contributed by atoms with Gasteiger partial charge in [-0.1, -0.05) is 24.4 Å². The molecule has 2 aromatic heterocycles. The molecule has 6 heteroatoms. The molecule has 5 nitrogen and oxygen atoms in total. The molecule has 0 saturated carbocycles. The summed E-state index contributed by atoms with van der Waals surface area (Å²) in [6.45, 7) is 3.15. The maximum Gasteiger partial charge on any atom is 0.254 e. The maximum atomic E-state index is 12.1. The van der Waals surface area contributed by atoms with Gasteiger partial charge < -0.3 is 14.9 Å². The summed E-state index contributed by atoms with van der Waals surface area (Å²) in [6, 6.07) is 11.5. The number of nitrogens with one attached hydrogen (secondary N) is 2. The zero-order chi connectivity index (χ0) is 15.5. The molecule has 2 N–H and O–H groups in total. The average Bonchev–Trinajstić information content (AvgIpc) is 2.83. The van der Waals surface area contributed by atoms with E-state index in [1.807, 2.05) is 31.2 Å². The first-order valence-corrected chi connectivity index (χ1v) is 7.45. The van der Waals surface area contributed by atoms with Gasteiger partial charge in [0.25, 0.3) is 5.91 Å². The second kappa shape index (κ2) is 6.11. The van der Waals surface area contributed by atoms with Crippen LogP contribution in [0.2, 0.25) is 0 Å². The van der Waals surface area contributed by atoms with Gasteiger partial charge in [0.05, 0.1) is 16.6 Å². The highest BCUT2D eigenvalue weighted by Gasteiger charge is 2.09. The molecular weight excluding hydrogens is 296 g/mol. The number of rotatable bonds is 4. The van der Waals surface area contributed by atoms with E-state index in [0.29, 0.717) is 23.3 Å². The van der Waals surface area contributed by atoms with E-state index in [4.69, 9.17) is 12.2 Å². The van der Waals surface area contributed by atoms with E-state index in [9.17, 15) is 4.79 Å². The van der Waals surface area contributed by atoms with Gasteiger partial charge in [0.1, 0.15) is 10.5 Å². The molecule has 2 heterocycles. The fraction of sp³-hybridized carbons (Fsp3) is 0.188. The van der Waals surface area contributed by atoms with E-state index < -0.39 is 0 Å². The highest BCUT2D eigenvalue weighted by atomic mass is 32.1. The number of carbonyl (C=O) groups is 1. The summed E-state index contributed by atoms with van der Waals surface area (Å²) in [5.41, 5.74) is 2.53. The Balaban J connectivity index is 1.70. The van der Waals surface area contributed by atoms with Crippen molar-refractivity contribution in [2.75, 3.05) is 6.54 Å². The van der Waals surface area contributed by atoms with Gasteiger partial charge in [-0.2, -0.15) is 0 Å². The van der Waals surface area contributed by atoms with Crippen LogP contribution in [0.3, 0.4) is 0 Å². The number of fused-ring (bicyclic) bond motifs is 1. The Kier molecular flexibility index (Phi) is 4.02. The van der Waals surface area contributed by atoms with Crippen LogP contribution in [0.15, 0.2) is 42.6 Å². The number of nitrogens with zero attached hydrogens (tertiary/aromatic N) is 2. The second-order valence-corrected chi connectivity index (χ2v) is 5.38. The Morgan fingerprint density at radius 2 is 2.14 bits per heavy atom. The third-order valence-corrected chi connectivity index (χ3v) is 3.87. The second-order valence-electron chi connectivity index (χ2n) is 4.97. The van der Waals surface area contributed by atoms with Crippen LogP contribution < -0.4 is 5.32 Å². The Hall–Kier alpha value is -2.47. The lowest BCUT2D eigenvalue weighted by Crippen LogP contribution is -2.27. The van der Waals surface area contributed by atoms with Gasteiger partial charge >= 0.3 is 0 Å². The molecule has 0 bridgehead atoms. The van der Waals surface area contributed by atoms with Crippen molar-refractivity contribution in [1.29, 1.82) is 0 Å². The topological polar surface area (TPSA) is 62.7 Å². The predicted octanol–water partition coefficient (Wildman–Crippen LogP) is 2.83. The number of imidazole rings is 1. The first kappa shape index (κ1) is 14.5. The molecule has 0 atom stereocenters. The fourth-order valence-corrected chi connectivity index (χ4v) is 2.68. The number of pyridine rings is 1. The number of hydrogen-bond donors (Lipinski definition) is 2. The number of carbonyl (C=O) groups excluding carboxylic acids is 1. The summed E-state index contributed by atoms with van der Waals surface area (Å²) in [4.78, 5) is 19.5. The van der Waals surface area contributed by atoms with E-state index in [2.05, 4.69) is 19.9 Å². The van der Waals surface area contributed by atoms with Crippen molar-refractivity contribution in [3.63, 3.8) is 0 Å². The van der Waals surface area contributed by atoms with Crippen molar-refractivity contribution in [3.8, 4) is 0 Å². The first-order chi connectivity index (χ1) is 10.7. The molecule has 0 unspecified atom stereocenters. The molecule has 0 aliphatic heterocycles. The number of para-hydroxylation sites is 2. The van der Waals surface area contributed by atoms with Crippen molar-refractivity contribution in [2.24, 2.45) is 0 Å². The molecule has 0 saturated heterocycles. The van der Waals surface area contributed by atoms with E-state index in [1.54, 1.807) is 18.3 Å².